The predicted octanol–water partition coefficient (Wildman–Crippen LogP) is 4.89. The number of hydrogen-bond donors (Lipinski definition) is 2. The van der Waals surface area contributed by atoms with Gasteiger partial charge in [0, 0.05) is 5.56 Å². The molecule has 0 unspecified atom stereocenters. The van der Waals surface area contributed by atoms with E-state index in [1.54, 1.807) is 35.7 Å². The Hall–Kier alpha value is -3.16. The van der Waals surface area contributed by atoms with Crippen LogP contribution in [-0.4, -0.2) is 23.8 Å². The third kappa shape index (κ3) is 5.46. The summed E-state index contributed by atoms with van der Waals surface area (Å²) in [4.78, 5) is 37.2. The van der Waals surface area contributed by atoms with Crippen molar-refractivity contribution in [3.05, 3.63) is 87.8 Å². The first-order valence-electron chi connectivity index (χ1n) is 9.10. The van der Waals surface area contributed by atoms with Crippen LogP contribution in [0.15, 0.2) is 66.0 Å². The van der Waals surface area contributed by atoms with Crippen LogP contribution in [-0.2, 0) is 16.1 Å². The van der Waals surface area contributed by atoms with E-state index in [1.807, 2.05) is 30.3 Å². The summed E-state index contributed by atoms with van der Waals surface area (Å²) in [6.07, 6.45) is -0.708. The highest BCUT2D eigenvalue weighted by molar-refractivity contribution is 7.14. The first kappa shape index (κ1) is 21.5. The molecule has 2 N–H and O–H groups in total. The standard InChI is InChI=1S/C22H19ClN2O4S/c1-14(24-22(28)29-13-15-7-3-2-4-8-15)20(27)25-21-17(11-12-30-21)19(26)16-9-5-6-10-18(16)23/h2-12,14H,13H2,1H3,(H,24,28)(H,25,27)/t14-/m0/s1. The van der Waals surface area contributed by atoms with Gasteiger partial charge in [-0.05, 0) is 36.1 Å². The van der Waals surface area contributed by atoms with Crippen LogP contribution in [0.1, 0.15) is 28.4 Å². The van der Waals surface area contributed by atoms with Gasteiger partial charge in [-0.3, -0.25) is 9.59 Å². The van der Waals surface area contributed by atoms with Crippen LogP contribution in [0.4, 0.5) is 9.80 Å². The van der Waals surface area contributed by atoms with Crippen LogP contribution < -0.4 is 10.6 Å². The van der Waals surface area contributed by atoms with Crippen molar-refractivity contribution in [2.75, 3.05) is 5.32 Å². The number of nitrogens with one attached hydrogen (secondary N) is 2. The van der Waals surface area contributed by atoms with E-state index in [9.17, 15) is 14.4 Å². The largest absolute Gasteiger partial charge is 0.445 e. The first-order chi connectivity index (χ1) is 14.5. The summed E-state index contributed by atoms with van der Waals surface area (Å²) in [5.74, 6) is -0.762. The number of ether oxygens (including phenoxy) is 1. The fourth-order valence-corrected chi connectivity index (χ4v) is 3.61. The number of amides is 2. The van der Waals surface area contributed by atoms with E-state index in [-0.39, 0.29) is 12.4 Å². The minimum Gasteiger partial charge on any atom is -0.445 e. The lowest BCUT2D eigenvalue weighted by Gasteiger charge is -2.14. The summed E-state index contributed by atoms with van der Waals surface area (Å²) in [7, 11) is 0. The van der Waals surface area contributed by atoms with E-state index in [4.69, 9.17) is 16.3 Å². The van der Waals surface area contributed by atoms with Crippen molar-refractivity contribution >= 4 is 45.7 Å². The highest BCUT2D eigenvalue weighted by Crippen LogP contribution is 2.28. The summed E-state index contributed by atoms with van der Waals surface area (Å²) < 4.78 is 5.12. The third-order valence-corrected chi connectivity index (χ3v) is 5.36. The van der Waals surface area contributed by atoms with Gasteiger partial charge in [-0.2, -0.15) is 0 Å². The van der Waals surface area contributed by atoms with E-state index in [1.165, 1.54) is 18.3 Å². The maximum atomic E-state index is 12.8. The molecule has 1 aromatic heterocycles. The zero-order valence-electron chi connectivity index (χ0n) is 16.1. The van der Waals surface area contributed by atoms with E-state index in [0.717, 1.165) is 5.56 Å². The molecule has 0 aliphatic heterocycles. The molecular formula is C22H19ClN2O4S. The molecule has 6 nitrogen and oxygen atoms in total. The van der Waals surface area contributed by atoms with Gasteiger partial charge >= 0.3 is 6.09 Å². The molecule has 0 bridgehead atoms. The highest BCUT2D eigenvalue weighted by atomic mass is 35.5. The predicted molar refractivity (Wildman–Crippen MR) is 117 cm³/mol. The maximum absolute atomic E-state index is 12.8. The number of hydrogen-bond acceptors (Lipinski definition) is 5. The Morgan fingerprint density at radius 3 is 2.43 bits per heavy atom. The van der Waals surface area contributed by atoms with Gasteiger partial charge < -0.3 is 15.4 Å². The minimum absolute atomic E-state index is 0.0996. The summed E-state index contributed by atoms with van der Waals surface area (Å²) in [5, 5.41) is 7.58. The molecule has 0 fully saturated rings. The van der Waals surface area contributed by atoms with Crippen LogP contribution in [0.3, 0.4) is 0 Å². The molecule has 3 rings (SSSR count). The van der Waals surface area contributed by atoms with E-state index < -0.39 is 18.0 Å². The number of halogens is 1. The number of carbonyl (C=O) groups is 3. The molecule has 3 aromatic rings. The fourth-order valence-electron chi connectivity index (χ4n) is 2.60. The zero-order valence-corrected chi connectivity index (χ0v) is 17.6. The lowest BCUT2D eigenvalue weighted by atomic mass is 10.1. The van der Waals surface area contributed by atoms with Crippen LogP contribution in [0, 0.1) is 0 Å². The van der Waals surface area contributed by atoms with Gasteiger partial charge in [0.1, 0.15) is 17.6 Å². The van der Waals surface area contributed by atoms with Crippen molar-refractivity contribution in [1.29, 1.82) is 0 Å². The molecule has 0 aliphatic rings. The Balaban J connectivity index is 1.58. The van der Waals surface area contributed by atoms with Crippen LogP contribution >= 0.6 is 22.9 Å². The smallest absolute Gasteiger partial charge is 0.408 e. The van der Waals surface area contributed by atoms with Crippen LogP contribution in [0.25, 0.3) is 0 Å². The van der Waals surface area contributed by atoms with Gasteiger partial charge in [0.15, 0.2) is 5.78 Å². The molecule has 1 atom stereocenters. The summed E-state index contributed by atoms with van der Waals surface area (Å²) in [6.45, 7) is 1.63. The van der Waals surface area contributed by atoms with E-state index in [0.29, 0.717) is 21.2 Å². The van der Waals surface area contributed by atoms with E-state index >= 15 is 0 Å². The van der Waals surface area contributed by atoms with Gasteiger partial charge in [-0.15, -0.1) is 11.3 Å². The Labute approximate surface area is 182 Å². The maximum Gasteiger partial charge on any atom is 0.408 e. The van der Waals surface area contributed by atoms with Crippen molar-refractivity contribution < 1.29 is 19.1 Å². The average Bonchev–Trinajstić information content (AvgIpc) is 3.21. The fraction of sp³-hybridized carbons (Fsp3) is 0.136. The molecule has 0 radical (unpaired) electrons. The second-order valence-corrected chi connectivity index (χ2v) is 7.71. The number of benzene rings is 2. The van der Waals surface area contributed by atoms with Gasteiger partial charge in [-0.25, -0.2) is 4.79 Å². The van der Waals surface area contributed by atoms with Gasteiger partial charge in [0.05, 0.1) is 10.6 Å². The molecule has 0 aliphatic carbocycles. The molecule has 2 aromatic carbocycles. The molecule has 0 saturated carbocycles. The number of anilines is 1. The summed E-state index contributed by atoms with van der Waals surface area (Å²) in [6, 6.07) is 16.7. The van der Waals surface area contributed by atoms with Crippen molar-refractivity contribution in [1.82, 2.24) is 5.32 Å². The SMILES string of the molecule is C[C@H](NC(=O)OCc1ccccc1)C(=O)Nc1sccc1C(=O)c1ccccc1Cl. The van der Waals surface area contributed by atoms with Gasteiger partial charge in [0.25, 0.3) is 0 Å². The molecule has 30 heavy (non-hydrogen) atoms. The second-order valence-electron chi connectivity index (χ2n) is 6.39. The van der Waals surface area contributed by atoms with Crippen LogP contribution in [0.2, 0.25) is 5.02 Å². The molecule has 154 valence electrons. The van der Waals surface area contributed by atoms with Crippen molar-refractivity contribution in [2.45, 2.75) is 19.6 Å². The van der Waals surface area contributed by atoms with Gasteiger partial charge in [0.2, 0.25) is 5.91 Å². The lowest BCUT2D eigenvalue weighted by Crippen LogP contribution is -2.41. The molecule has 0 spiro atoms. The van der Waals surface area contributed by atoms with Crippen molar-refractivity contribution in [2.24, 2.45) is 0 Å². The van der Waals surface area contributed by atoms with Gasteiger partial charge in [-0.1, -0.05) is 54.1 Å². The quantitative estimate of drug-likeness (QED) is 0.510. The number of carbonyl (C=O) groups excluding carboxylic acids is 3. The molecule has 2 amide bonds. The monoisotopic (exact) mass is 442 g/mol. The second kappa shape index (κ2) is 10.0. The molecule has 0 saturated heterocycles. The Morgan fingerprint density at radius 2 is 1.70 bits per heavy atom. The normalized spacial score (nSPS) is 11.4. The number of alkyl carbamates (subject to hydrolysis) is 1. The third-order valence-electron chi connectivity index (χ3n) is 4.21. The topological polar surface area (TPSA) is 84.5 Å². The Morgan fingerprint density at radius 1 is 1.00 bits per heavy atom. The number of ketones is 1. The first-order valence-corrected chi connectivity index (χ1v) is 10.4. The summed E-state index contributed by atoms with van der Waals surface area (Å²) in [5.41, 5.74) is 1.52. The Kier molecular flexibility index (Phi) is 7.21. The van der Waals surface area contributed by atoms with Crippen molar-refractivity contribution in [3.8, 4) is 0 Å². The Bertz CT molecular complexity index is 1050. The lowest BCUT2D eigenvalue weighted by molar-refractivity contribution is -0.117. The number of rotatable bonds is 7. The molecule has 8 heteroatoms. The van der Waals surface area contributed by atoms with E-state index in [2.05, 4.69) is 10.6 Å². The average molecular weight is 443 g/mol. The highest BCUT2D eigenvalue weighted by Gasteiger charge is 2.22. The number of thiophene rings is 1. The molecular weight excluding hydrogens is 424 g/mol. The molecule has 1 heterocycles. The van der Waals surface area contributed by atoms with Crippen LogP contribution in [0.5, 0.6) is 0 Å². The summed E-state index contributed by atoms with van der Waals surface area (Å²) >= 11 is 7.32. The minimum atomic E-state index is -0.862. The zero-order chi connectivity index (χ0) is 21.5. The van der Waals surface area contributed by atoms with Crippen molar-refractivity contribution in [3.63, 3.8) is 0 Å².